The van der Waals surface area contributed by atoms with Gasteiger partial charge in [-0.15, -0.1) is 0 Å². The summed E-state index contributed by atoms with van der Waals surface area (Å²) < 4.78 is 1.81. The Morgan fingerprint density at radius 2 is 2.00 bits per heavy atom. The topological polar surface area (TPSA) is 70.1 Å². The fraction of sp³-hybridized carbons (Fsp3) is 0. The standard InChI is InChI=1S/C6H4BrN3O2/c7-4-2-1-3-5(11)8-9-6(12)10(3)4/h1-2H,(H,8,11)(H,9,12). The number of nitrogens with one attached hydrogen (secondary N) is 2. The van der Waals surface area contributed by atoms with Crippen LogP contribution in [-0.2, 0) is 0 Å². The van der Waals surface area contributed by atoms with Crippen LogP contribution < -0.4 is 11.2 Å². The zero-order chi connectivity index (χ0) is 8.72. The molecule has 0 fully saturated rings. The predicted molar refractivity (Wildman–Crippen MR) is 46.3 cm³/mol. The van der Waals surface area contributed by atoms with Gasteiger partial charge in [-0.05, 0) is 28.1 Å². The molecule has 0 aromatic carbocycles. The van der Waals surface area contributed by atoms with Crippen molar-refractivity contribution >= 4 is 21.4 Å². The molecule has 0 unspecified atom stereocenters. The molecule has 0 aliphatic heterocycles. The molecular formula is C6H4BrN3O2. The minimum absolute atomic E-state index is 0.319. The molecule has 2 N–H and O–H groups in total. The lowest BCUT2D eigenvalue weighted by atomic mass is 10.5. The largest absolute Gasteiger partial charge is 0.345 e. The average molecular weight is 230 g/mol. The molecule has 0 amide bonds. The third-order valence-corrected chi connectivity index (χ3v) is 2.17. The highest BCUT2D eigenvalue weighted by molar-refractivity contribution is 9.10. The molecule has 2 heterocycles. The van der Waals surface area contributed by atoms with Crippen LogP contribution in [0.15, 0.2) is 26.3 Å². The van der Waals surface area contributed by atoms with Crippen LogP contribution in [0.1, 0.15) is 0 Å². The van der Waals surface area contributed by atoms with E-state index in [1.165, 1.54) is 4.40 Å². The number of halogens is 1. The summed E-state index contributed by atoms with van der Waals surface area (Å²) in [6.07, 6.45) is 0. The van der Waals surface area contributed by atoms with Crippen LogP contribution in [0.3, 0.4) is 0 Å². The third kappa shape index (κ3) is 0.845. The van der Waals surface area contributed by atoms with Gasteiger partial charge in [0.15, 0.2) is 0 Å². The summed E-state index contributed by atoms with van der Waals surface area (Å²) in [5, 5.41) is 4.43. The average Bonchev–Trinajstić information content (AvgIpc) is 2.42. The molecule has 12 heavy (non-hydrogen) atoms. The summed E-state index contributed by atoms with van der Waals surface area (Å²) >= 11 is 3.14. The molecule has 0 saturated carbocycles. The molecule has 0 saturated heterocycles. The first-order valence-corrected chi connectivity index (χ1v) is 3.97. The van der Waals surface area contributed by atoms with Crippen molar-refractivity contribution in [2.75, 3.05) is 0 Å². The van der Waals surface area contributed by atoms with E-state index in [1.54, 1.807) is 12.1 Å². The second kappa shape index (κ2) is 2.34. The SMILES string of the molecule is O=c1[nH][nH]c(=O)n2c(Br)ccc12. The number of aromatic amines is 2. The van der Waals surface area contributed by atoms with Gasteiger partial charge in [-0.3, -0.25) is 9.89 Å². The summed E-state index contributed by atoms with van der Waals surface area (Å²) in [5.74, 6) is 0. The highest BCUT2D eigenvalue weighted by Gasteiger charge is 2.04. The molecule has 0 bridgehead atoms. The Labute approximate surface area is 74.1 Å². The molecule has 0 atom stereocenters. The maximum atomic E-state index is 11.1. The van der Waals surface area contributed by atoms with E-state index < -0.39 is 0 Å². The van der Waals surface area contributed by atoms with Gasteiger partial charge in [0.1, 0.15) is 5.52 Å². The minimum atomic E-state index is -0.374. The van der Waals surface area contributed by atoms with E-state index >= 15 is 0 Å². The van der Waals surface area contributed by atoms with Crippen LogP contribution >= 0.6 is 15.9 Å². The van der Waals surface area contributed by atoms with E-state index in [-0.39, 0.29) is 11.2 Å². The Balaban J connectivity index is 3.20. The summed E-state index contributed by atoms with van der Waals surface area (Å²) in [4.78, 5) is 22.2. The smallest absolute Gasteiger partial charge is 0.266 e. The lowest BCUT2D eigenvalue weighted by molar-refractivity contribution is 0.857. The molecule has 2 aromatic heterocycles. The van der Waals surface area contributed by atoms with E-state index in [1.807, 2.05) is 0 Å². The van der Waals surface area contributed by atoms with Crippen molar-refractivity contribution in [1.82, 2.24) is 14.6 Å². The number of H-pyrrole nitrogens is 2. The molecule has 2 rings (SSSR count). The second-order valence-electron chi connectivity index (χ2n) is 2.26. The van der Waals surface area contributed by atoms with Gasteiger partial charge in [-0.1, -0.05) is 0 Å². The van der Waals surface area contributed by atoms with Crippen LogP contribution in [0, 0.1) is 0 Å². The molecule has 0 radical (unpaired) electrons. The van der Waals surface area contributed by atoms with Crippen molar-refractivity contribution in [2.24, 2.45) is 0 Å². The van der Waals surface area contributed by atoms with Gasteiger partial charge in [0, 0.05) is 0 Å². The monoisotopic (exact) mass is 229 g/mol. The van der Waals surface area contributed by atoms with E-state index in [9.17, 15) is 9.59 Å². The van der Waals surface area contributed by atoms with Crippen LogP contribution in [0.5, 0.6) is 0 Å². The molecule has 5 nitrogen and oxygen atoms in total. The second-order valence-corrected chi connectivity index (χ2v) is 3.07. The fourth-order valence-corrected chi connectivity index (χ4v) is 1.51. The zero-order valence-electron chi connectivity index (χ0n) is 5.80. The summed E-state index contributed by atoms with van der Waals surface area (Å²) in [7, 11) is 0. The van der Waals surface area contributed by atoms with Crippen LogP contribution in [0.4, 0.5) is 0 Å². The van der Waals surface area contributed by atoms with Gasteiger partial charge >= 0.3 is 5.69 Å². The highest BCUT2D eigenvalue weighted by Crippen LogP contribution is 2.09. The van der Waals surface area contributed by atoms with E-state index in [0.29, 0.717) is 10.1 Å². The predicted octanol–water partition coefficient (Wildman–Crippen LogP) is 0.0784. The van der Waals surface area contributed by atoms with E-state index in [2.05, 4.69) is 26.1 Å². The van der Waals surface area contributed by atoms with Crippen LogP contribution in [-0.4, -0.2) is 14.6 Å². The van der Waals surface area contributed by atoms with Gasteiger partial charge in [0.25, 0.3) is 5.56 Å². The van der Waals surface area contributed by atoms with Crippen molar-refractivity contribution < 1.29 is 0 Å². The zero-order valence-corrected chi connectivity index (χ0v) is 7.38. The number of hydrogen-bond donors (Lipinski definition) is 2. The first kappa shape index (κ1) is 7.35. The Bertz CT molecular complexity index is 535. The number of aromatic nitrogens is 3. The molecule has 0 aliphatic carbocycles. The first-order valence-electron chi connectivity index (χ1n) is 3.18. The molecule has 0 spiro atoms. The van der Waals surface area contributed by atoms with Crippen molar-refractivity contribution in [1.29, 1.82) is 0 Å². The quantitative estimate of drug-likeness (QED) is 0.672. The Morgan fingerprint density at radius 3 is 2.67 bits per heavy atom. The van der Waals surface area contributed by atoms with Crippen molar-refractivity contribution in [2.45, 2.75) is 0 Å². The van der Waals surface area contributed by atoms with E-state index in [4.69, 9.17) is 0 Å². The Kier molecular flexibility index (Phi) is 1.44. The van der Waals surface area contributed by atoms with Crippen molar-refractivity contribution in [3.8, 4) is 0 Å². The van der Waals surface area contributed by atoms with Crippen molar-refractivity contribution in [3.05, 3.63) is 37.6 Å². The Morgan fingerprint density at radius 1 is 1.25 bits per heavy atom. The van der Waals surface area contributed by atoms with E-state index in [0.717, 1.165) is 0 Å². The number of hydrogen-bond acceptors (Lipinski definition) is 2. The van der Waals surface area contributed by atoms with Gasteiger partial charge in [0.2, 0.25) is 0 Å². The lowest BCUT2D eigenvalue weighted by Gasteiger charge is -1.91. The molecule has 0 aliphatic rings. The molecule has 62 valence electrons. The molecule has 6 heteroatoms. The molecular weight excluding hydrogens is 226 g/mol. The summed E-state index contributed by atoms with van der Waals surface area (Å²) in [6, 6.07) is 3.21. The first-order chi connectivity index (χ1) is 5.70. The number of nitrogens with zero attached hydrogens (tertiary/aromatic N) is 1. The lowest BCUT2D eigenvalue weighted by Crippen LogP contribution is -2.25. The van der Waals surface area contributed by atoms with Gasteiger partial charge in [-0.25, -0.2) is 14.3 Å². The number of rotatable bonds is 0. The molecule has 2 aromatic rings. The Hall–Kier alpha value is -1.30. The van der Waals surface area contributed by atoms with Gasteiger partial charge < -0.3 is 0 Å². The normalized spacial score (nSPS) is 10.8. The van der Waals surface area contributed by atoms with Crippen LogP contribution in [0.2, 0.25) is 0 Å². The minimum Gasteiger partial charge on any atom is -0.266 e. The van der Waals surface area contributed by atoms with Gasteiger partial charge in [-0.2, -0.15) is 0 Å². The summed E-state index contributed by atoms with van der Waals surface area (Å²) in [6.45, 7) is 0. The highest BCUT2D eigenvalue weighted by atomic mass is 79.9. The van der Waals surface area contributed by atoms with Crippen LogP contribution in [0.25, 0.3) is 5.52 Å². The fourth-order valence-electron chi connectivity index (χ4n) is 1.03. The third-order valence-electron chi connectivity index (χ3n) is 1.55. The summed E-state index contributed by atoms with van der Waals surface area (Å²) in [5.41, 5.74) is -0.368. The van der Waals surface area contributed by atoms with Crippen molar-refractivity contribution in [3.63, 3.8) is 0 Å². The number of fused-ring (bicyclic) bond motifs is 1. The maximum Gasteiger partial charge on any atom is 0.345 e. The van der Waals surface area contributed by atoms with Gasteiger partial charge in [0.05, 0.1) is 4.60 Å². The maximum absolute atomic E-state index is 11.1.